The van der Waals surface area contributed by atoms with Gasteiger partial charge >= 0.3 is 5.97 Å². The maximum atomic E-state index is 11.9. The highest BCUT2D eigenvalue weighted by Gasteiger charge is 2.28. The van der Waals surface area contributed by atoms with E-state index in [2.05, 4.69) is 5.32 Å². The van der Waals surface area contributed by atoms with Gasteiger partial charge in [-0.25, -0.2) is 0 Å². The summed E-state index contributed by atoms with van der Waals surface area (Å²) in [6.07, 6.45) is 3.50. The number of ether oxygens (including phenoxy) is 1. The lowest BCUT2D eigenvalue weighted by atomic mass is 9.86. The van der Waals surface area contributed by atoms with Gasteiger partial charge in [-0.3, -0.25) is 14.4 Å². The molecular formula is C14H22N2O4S. The predicted molar refractivity (Wildman–Crippen MR) is 79.9 cm³/mol. The van der Waals surface area contributed by atoms with Crippen molar-refractivity contribution in [3.05, 3.63) is 0 Å². The highest BCUT2D eigenvalue weighted by molar-refractivity contribution is 8.13. The van der Waals surface area contributed by atoms with Crippen molar-refractivity contribution in [3.63, 3.8) is 0 Å². The molecule has 1 N–H and O–H groups in total. The molecule has 7 heteroatoms. The number of hydrogen-bond acceptors (Lipinski definition) is 5. The van der Waals surface area contributed by atoms with Gasteiger partial charge in [0, 0.05) is 31.3 Å². The number of nitrogens with one attached hydrogen (secondary N) is 1. The summed E-state index contributed by atoms with van der Waals surface area (Å²) in [4.78, 5) is 36.5. The van der Waals surface area contributed by atoms with Crippen molar-refractivity contribution >= 4 is 28.9 Å². The van der Waals surface area contributed by atoms with Gasteiger partial charge in [-0.1, -0.05) is 11.8 Å². The zero-order chi connectivity index (χ0) is 15.2. The summed E-state index contributed by atoms with van der Waals surface area (Å²) >= 11 is 1.31. The van der Waals surface area contributed by atoms with E-state index < -0.39 is 0 Å². The summed E-state index contributed by atoms with van der Waals surface area (Å²) in [5, 5.41) is 3.07. The Morgan fingerprint density at radius 1 is 1.33 bits per heavy atom. The van der Waals surface area contributed by atoms with Gasteiger partial charge in [-0.05, 0) is 25.7 Å². The van der Waals surface area contributed by atoms with Crippen LogP contribution in [-0.2, 0) is 14.3 Å². The third-order valence-electron chi connectivity index (χ3n) is 4.08. The largest absolute Gasteiger partial charge is 0.469 e. The van der Waals surface area contributed by atoms with Crippen molar-refractivity contribution in [3.8, 4) is 0 Å². The van der Waals surface area contributed by atoms with Crippen LogP contribution in [0.15, 0.2) is 0 Å². The molecule has 2 amide bonds. The second kappa shape index (κ2) is 7.68. The predicted octanol–water partition coefficient (Wildman–Crippen LogP) is 1.39. The molecule has 0 aromatic carbocycles. The number of methoxy groups -OCH3 is 1. The average molecular weight is 314 g/mol. The van der Waals surface area contributed by atoms with Gasteiger partial charge in [0.15, 0.2) is 0 Å². The monoisotopic (exact) mass is 314 g/mol. The van der Waals surface area contributed by atoms with Crippen LogP contribution in [0, 0.1) is 5.92 Å². The second-order valence-electron chi connectivity index (χ2n) is 5.49. The molecule has 0 spiro atoms. The molecule has 1 saturated heterocycles. The number of rotatable bonds is 5. The Morgan fingerprint density at radius 2 is 2.05 bits per heavy atom. The van der Waals surface area contributed by atoms with Gasteiger partial charge in [0.05, 0.1) is 13.0 Å². The summed E-state index contributed by atoms with van der Waals surface area (Å²) in [5.74, 6) is 0.631. The maximum Gasteiger partial charge on any atom is 0.308 e. The van der Waals surface area contributed by atoms with E-state index >= 15 is 0 Å². The zero-order valence-electron chi connectivity index (χ0n) is 12.3. The van der Waals surface area contributed by atoms with Crippen molar-refractivity contribution < 1.29 is 19.1 Å². The first-order chi connectivity index (χ1) is 10.1. The second-order valence-corrected chi connectivity index (χ2v) is 6.54. The molecule has 0 radical (unpaired) electrons. The van der Waals surface area contributed by atoms with Crippen LogP contribution in [0.5, 0.6) is 0 Å². The smallest absolute Gasteiger partial charge is 0.308 e. The molecule has 0 bridgehead atoms. The van der Waals surface area contributed by atoms with Gasteiger partial charge < -0.3 is 15.0 Å². The average Bonchev–Trinajstić information content (AvgIpc) is 2.90. The molecule has 21 heavy (non-hydrogen) atoms. The number of carbonyl (C=O) groups is 3. The Labute approximate surface area is 129 Å². The minimum atomic E-state index is -0.148. The van der Waals surface area contributed by atoms with Crippen LogP contribution in [0.1, 0.15) is 32.1 Å². The lowest BCUT2D eigenvalue weighted by Gasteiger charge is -2.27. The Morgan fingerprint density at radius 3 is 2.62 bits per heavy atom. The first-order valence-electron chi connectivity index (χ1n) is 7.39. The van der Waals surface area contributed by atoms with E-state index in [1.807, 2.05) is 0 Å². The molecule has 0 unspecified atom stereocenters. The molecule has 1 heterocycles. The highest BCUT2D eigenvalue weighted by Crippen LogP contribution is 2.25. The molecule has 118 valence electrons. The molecule has 1 saturated carbocycles. The van der Waals surface area contributed by atoms with Crippen molar-refractivity contribution in [2.24, 2.45) is 5.92 Å². The van der Waals surface area contributed by atoms with E-state index in [9.17, 15) is 14.4 Å². The summed E-state index contributed by atoms with van der Waals surface area (Å²) in [7, 11) is 1.41. The van der Waals surface area contributed by atoms with Gasteiger partial charge in [-0.15, -0.1) is 0 Å². The van der Waals surface area contributed by atoms with Crippen LogP contribution < -0.4 is 5.32 Å². The van der Waals surface area contributed by atoms with E-state index in [0.717, 1.165) is 38.0 Å². The summed E-state index contributed by atoms with van der Waals surface area (Å²) in [6, 6.07) is 0.141. The van der Waals surface area contributed by atoms with Crippen molar-refractivity contribution in [2.45, 2.75) is 38.1 Å². The van der Waals surface area contributed by atoms with Gasteiger partial charge in [0.25, 0.3) is 5.24 Å². The van der Waals surface area contributed by atoms with Gasteiger partial charge in [0.1, 0.15) is 0 Å². The van der Waals surface area contributed by atoms with Crippen LogP contribution in [-0.4, -0.2) is 54.0 Å². The third kappa shape index (κ3) is 4.62. The molecule has 0 aromatic rings. The molecular weight excluding hydrogens is 292 g/mol. The standard InChI is InChI=1S/C14H22N2O4S/c1-20-13(18)10-2-4-11(5-3-10)15-12(17)6-7-16-8-9-21-14(16)19/h10-11H,2-9H2,1H3,(H,15,17). The zero-order valence-corrected chi connectivity index (χ0v) is 13.1. The van der Waals surface area contributed by atoms with Crippen LogP contribution >= 0.6 is 11.8 Å². The molecule has 6 nitrogen and oxygen atoms in total. The van der Waals surface area contributed by atoms with E-state index in [1.165, 1.54) is 18.9 Å². The molecule has 1 aliphatic carbocycles. The van der Waals surface area contributed by atoms with Crippen molar-refractivity contribution in [1.29, 1.82) is 0 Å². The summed E-state index contributed by atoms with van der Waals surface area (Å²) < 4.78 is 4.75. The Hall–Kier alpha value is -1.24. The number of esters is 1. The minimum Gasteiger partial charge on any atom is -0.469 e. The van der Waals surface area contributed by atoms with E-state index in [-0.39, 0.29) is 29.1 Å². The van der Waals surface area contributed by atoms with Crippen molar-refractivity contribution in [2.75, 3.05) is 26.0 Å². The fourth-order valence-electron chi connectivity index (χ4n) is 2.81. The van der Waals surface area contributed by atoms with Gasteiger partial charge in [0.2, 0.25) is 5.91 Å². The van der Waals surface area contributed by atoms with Crippen LogP contribution in [0.25, 0.3) is 0 Å². The molecule has 1 aliphatic heterocycles. The van der Waals surface area contributed by atoms with Crippen LogP contribution in [0.3, 0.4) is 0 Å². The maximum absolute atomic E-state index is 11.9. The lowest BCUT2D eigenvalue weighted by Crippen LogP contribution is -2.40. The van der Waals surface area contributed by atoms with Crippen LogP contribution in [0.4, 0.5) is 4.79 Å². The number of carbonyl (C=O) groups excluding carboxylic acids is 3. The quantitative estimate of drug-likeness (QED) is 0.776. The minimum absolute atomic E-state index is 0.0128. The molecule has 0 atom stereocenters. The van der Waals surface area contributed by atoms with E-state index in [0.29, 0.717) is 13.0 Å². The first kappa shape index (κ1) is 16.1. The Bertz CT molecular complexity index is 408. The topological polar surface area (TPSA) is 75.7 Å². The lowest BCUT2D eigenvalue weighted by molar-refractivity contribution is -0.146. The first-order valence-corrected chi connectivity index (χ1v) is 8.37. The third-order valence-corrected chi connectivity index (χ3v) is 4.97. The Balaban J connectivity index is 1.65. The van der Waals surface area contributed by atoms with E-state index in [1.54, 1.807) is 4.90 Å². The fourth-order valence-corrected chi connectivity index (χ4v) is 3.66. The SMILES string of the molecule is COC(=O)C1CCC(NC(=O)CCN2CCSC2=O)CC1. The normalized spacial score (nSPS) is 25.8. The molecule has 2 aliphatic rings. The molecule has 2 rings (SSSR count). The van der Waals surface area contributed by atoms with Gasteiger partial charge in [-0.2, -0.15) is 0 Å². The molecule has 0 aromatic heterocycles. The number of hydrogen-bond donors (Lipinski definition) is 1. The van der Waals surface area contributed by atoms with Crippen LogP contribution in [0.2, 0.25) is 0 Å². The fraction of sp³-hybridized carbons (Fsp3) is 0.786. The number of amides is 2. The summed E-state index contributed by atoms with van der Waals surface area (Å²) in [5.41, 5.74) is 0. The molecule has 2 fully saturated rings. The number of thioether (sulfide) groups is 1. The highest BCUT2D eigenvalue weighted by atomic mass is 32.2. The Kier molecular flexibility index (Phi) is 5.90. The summed E-state index contributed by atoms with van der Waals surface area (Å²) in [6.45, 7) is 1.23. The van der Waals surface area contributed by atoms with Crippen molar-refractivity contribution in [1.82, 2.24) is 10.2 Å². The van der Waals surface area contributed by atoms with E-state index in [4.69, 9.17) is 4.74 Å². The number of nitrogens with zero attached hydrogens (tertiary/aromatic N) is 1.